The first-order chi connectivity index (χ1) is 8.16. The van der Waals surface area contributed by atoms with Gasteiger partial charge in [-0.2, -0.15) is 0 Å². The Bertz CT molecular complexity index is 789. The van der Waals surface area contributed by atoms with Gasteiger partial charge in [0.25, 0.3) is 0 Å². The molecule has 2 aromatic heterocycles. The van der Waals surface area contributed by atoms with Gasteiger partial charge in [-0.1, -0.05) is 12.1 Å². The molecule has 1 aromatic carbocycles. The van der Waals surface area contributed by atoms with E-state index in [0.29, 0.717) is 0 Å². The summed E-state index contributed by atoms with van der Waals surface area (Å²) in [6.07, 6.45) is 0. The third-order valence-corrected chi connectivity index (χ3v) is 3.94. The zero-order valence-corrected chi connectivity index (χ0v) is 10.5. The number of aromatic nitrogens is 1. The quantitative estimate of drug-likeness (QED) is 0.564. The number of benzene rings is 1. The molecule has 3 rings (SSSR count). The van der Waals surface area contributed by atoms with Crippen LogP contribution in [0.3, 0.4) is 0 Å². The molecule has 0 amide bonds. The third-order valence-electron chi connectivity index (χ3n) is 2.88. The second-order valence-corrected chi connectivity index (χ2v) is 5.22. The number of hydrogen-bond acceptors (Lipinski definition) is 3. The van der Waals surface area contributed by atoms with Crippen LogP contribution >= 0.6 is 11.3 Å². The Hall–Kier alpha value is -1.74. The van der Waals surface area contributed by atoms with Crippen molar-refractivity contribution in [1.82, 2.24) is 4.98 Å². The molecular formula is C14H11NOS. The maximum absolute atomic E-state index is 12.4. The maximum Gasteiger partial charge on any atom is 0.197 e. The van der Waals surface area contributed by atoms with E-state index in [1.54, 1.807) is 11.3 Å². The number of fused-ring (bicyclic) bond motifs is 2. The molecule has 17 heavy (non-hydrogen) atoms. The molecule has 0 radical (unpaired) electrons. The maximum atomic E-state index is 12.4. The fourth-order valence-corrected chi connectivity index (χ4v) is 3.31. The first-order valence-corrected chi connectivity index (χ1v) is 6.28. The Morgan fingerprint density at radius 2 is 1.94 bits per heavy atom. The Labute approximate surface area is 103 Å². The van der Waals surface area contributed by atoms with Crippen molar-refractivity contribution in [2.45, 2.75) is 13.8 Å². The Morgan fingerprint density at radius 3 is 2.76 bits per heavy atom. The van der Waals surface area contributed by atoms with Gasteiger partial charge >= 0.3 is 0 Å². The minimum Gasteiger partial charge on any atom is -0.288 e. The van der Waals surface area contributed by atoms with Crippen molar-refractivity contribution in [2.75, 3.05) is 0 Å². The zero-order valence-electron chi connectivity index (χ0n) is 9.65. The summed E-state index contributed by atoms with van der Waals surface area (Å²) in [6.45, 7) is 3.93. The number of nitrogens with zero attached hydrogens (tertiary/aromatic N) is 1. The summed E-state index contributed by atoms with van der Waals surface area (Å²) in [5.74, 6) is 0. The van der Waals surface area contributed by atoms with Crippen molar-refractivity contribution in [1.29, 1.82) is 0 Å². The molecule has 0 aliphatic rings. The van der Waals surface area contributed by atoms with E-state index in [1.807, 2.05) is 44.2 Å². The average Bonchev–Trinajstić information content (AvgIpc) is 2.28. The van der Waals surface area contributed by atoms with Crippen molar-refractivity contribution < 1.29 is 0 Å². The van der Waals surface area contributed by atoms with Gasteiger partial charge in [0.15, 0.2) is 5.43 Å². The van der Waals surface area contributed by atoms with E-state index in [4.69, 9.17) is 0 Å². The van der Waals surface area contributed by atoms with Gasteiger partial charge < -0.3 is 0 Å². The second kappa shape index (κ2) is 3.64. The Balaban J connectivity index is 2.64. The summed E-state index contributed by atoms with van der Waals surface area (Å²) < 4.78 is 1.00. The van der Waals surface area contributed by atoms with Crippen molar-refractivity contribution >= 4 is 31.6 Å². The monoisotopic (exact) mass is 241 g/mol. The van der Waals surface area contributed by atoms with E-state index in [1.165, 1.54) is 0 Å². The lowest BCUT2D eigenvalue weighted by atomic mass is 10.1. The fourth-order valence-electron chi connectivity index (χ4n) is 2.13. The molecule has 0 N–H and O–H groups in total. The van der Waals surface area contributed by atoms with Crippen molar-refractivity contribution in [3.8, 4) is 0 Å². The molecule has 0 spiro atoms. The summed E-state index contributed by atoms with van der Waals surface area (Å²) >= 11 is 1.58. The van der Waals surface area contributed by atoms with E-state index in [-0.39, 0.29) is 5.43 Å². The van der Waals surface area contributed by atoms with Crippen LogP contribution in [0.4, 0.5) is 0 Å². The van der Waals surface area contributed by atoms with Gasteiger partial charge in [-0.05, 0) is 37.6 Å². The van der Waals surface area contributed by atoms with Crippen molar-refractivity contribution in [3.63, 3.8) is 0 Å². The molecule has 84 valence electrons. The normalized spacial score (nSPS) is 11.2. The van der Waals surface area contributed by atoms with Gasteiger partial charge in [-0.15, -0.1) is 11.3 Å². The lowest BCUT2D eigenvalue weighted by Gasteiger charge is -2.04. The molecule has 2 nitrogen and oxygen atoms in total. The van der Waals surface area contributed by atoms with Crippen LogP contribution in [0.2, 0.25) is 0 Å². The first kappa shape index (κ1) is 10.4. The number of pyridine rings is 1. The molecule has 0 bridgehead atoms. The highest BCUT2D eigenvalue weighted by atomic mass is 32.1. The van der Waals surface area contributed by atoms with Gasteiger partial charge in [0.1, 0.15) is 4.83 Å². The van der Waals surface area contributed by atoms with Crippen LogP contribution in [0, 0.1) is 13.8 Å². The molecule has 0 fully saturated rings. The van der Waals surface area contributed by atoms with E-state index in [2.05, 4.69) is 4.98 Å². The average molecular weight is 241 g/mol. The minimum atomic E-state index is 0.0966. The van der Waals surface area contributed by atoms with Crippen molar-refractivity contribution in [2.24, 2.45) is 0 Å². The van der Waals surface area contributed by atoms with Gasteiger partial charge in [0, 0.05) is 15.8 Å². The minimum absolute atomic E-state index is 0.0966. The van der Waals surface area contributed by atoms with Crippen LogP contribution in [0.5, 0.6) is 0 Å². The van der Waals surface area contributed by atoms with Gasteiger partial charge in [0.05, 0.1) is 5.39 Å². The largest absolute Gasteiger partial charge is 0.288 e. The summed E-state index contributed by atoms with van der Waals surface area (Å²) in [4.78, 5) is 17.7. The predicted molar refractivity (Wildman–Crippen MR) is 72.9 cm³/mol. The molecule has 2 heterocycles. The number of rotatable bonds is 0. The van der Waals surface area contributed by atoms with E-state index in [0.717, 1.165) is 31.6 Å². The van der Waals surface area contributed by atoms with Crippen LogP contribution < -0.4 is 5.43 Å². The fraction of sp³-hybridized carbons (Fsp3) is 0.143. The van der Waals surface area contributed by atoms with Gasteiger partial charge in [-0.25, -0.2) is 4.98 Å². The van der Waals surface area contributed by atoms with Crippen LogP contribution in [-0.2, 0) is 0 Å². The second-order valence-electron chi connectivity index (χ2n) is 4.19. The molecular weight excluding hydrogens is 230 g/mol. The molecule has 0 saturated carbocycles. The number of aryl methyl sites for hydroxylation is 2. The standard InChI is InChI=1S/C14H11NOS/c1-8-7-9(2)15-14-12(8)13(16)10-5-3-4-6-11(10)17-14/h3-7H,1-2H3. The van der Waals surface area contributed by atoms with E-state index in [9.17, 15) is 4.79 Å². The molecule has 0 aliphatic carbocycles. The molecule has 0 unspecified atom stereocenters. The topological polar surface area (TPSA) is 30.0 Å². The summed E-state index contributed by atoms with van der Waals surface area (Å²) in [5.41, 5.74) is 2.07. The van der Waals surface area contributed by atoms with Gasteiger partial charge in [0.2, 0.25) is 0 Å². The Morgan fingerprint density at radius 1 is 1.18 bits per heavy atom. The zero-order chi connectivity index (χ0) is 12.0. The highest BCUT2D eigenvalue weighted by Crippen LogP contribution is 2.25. The lowest BCUT2D eigenvalue weighted by molar-refractivity contribution is 1.24. The third kappa shape index (κ3) is 1.54. The van der Waals surface area contributed by atoms with Gasteiger partial charge in [-0.3, -0.25) is 4.79 Å². The smallest absolute Gasteiger partial charge is 0.197 e. The van der Waals surface area contributed by atoms with E-state index >= 15 is 0 Å². The highest BCUT2D eigenvalue weighted by molar-refractivity contribution is 7.24. The Kier molecular flexibility index (Phi) is 2.23. The lowest BCUT2D eigenvalue weighted by Crippen LogP contribution is -2.04. The van der Waals surface area contributed by atoms with Crippen LogP contribution in [0.15, 0.2) is 35.1 Å². The van der Waals surface area contributed by atoms with Crippen molar-refractivity contribution in [3.05, 3.63) is 51.8 Å². The molecule has 0 aliphatic heterocycles. The summed E-state index contributed by atoms with van der Waals surface area (Å²) in [6, 6.07) is 9.67. The first-order valence-electron chi connectivity index (χ1n) is 5.46. The molecule has 0 atom stereocenters. The molecule has 3 aromatic rings. The summed E-state index contributed by atoms with van der Waals surface area (Å²) in [7, 11) is 0. The predicted octanol–water partition coefficient (Wildman–Crippen LogP) is 3.43. The highest BCUT2D eigenvalue weighted by Gasteiger charge is 2.09. The van der Waals surface area contributed by atoms with Crippen LogP contribution in [-0.4, -0.2) is 4.98 Å². The summed E-state index contributed by atoms with van der Waals surface area (Å²) in [5, 5.41) is 1.55. The molecule has 0 saturated heterocycles. The number of hydrogen-bond donors (Lipinski definition) is 0. The molecule has 3 heteroatoms. The van der Waals surface area contributed by atoms with Crippen LogP contribution in [0.1, 0.15) is 11.3 Å². The van der Waals surface area contributed by atoms with E-state index < -0.39 is 0 Å². The SMILES string of the molecule is Cc1cc(C)c2c(=O)c3ccccc3sc2n1. The van der Waals surface area contributed by atoms with Crippen LogP contribution in [0.25, 0.3) is 20.3 Å².